The van der Waals surface area contributed by atoms with Gasteiger partial charge in [0, 0.05) is 21.7 Å². The average molecular weight is 547 g/mol. The van der Waals surface area contributed by atoms with E-state index < -0.39 is 11.6 Å². The summed E-state index contributed by atoms with van der Waals surface area (Å²) in [6.07, 6.45) is 0. The second-order valence-electron chi connectivity index (χ2n) is 10.2. The zero-order valence-electron chi connectivity index (χ0n) is 22.1. The van der Waals surface area contributed by atoms with Gasteiger partial charge in [-0.1, -0.05) is 97.1 Å². The highest BCUT2D eigenvalue weighted by Gasteiger charge is 2.30. The number of benzene rings is 6. The van der Waals surface area contributed by atoms with Crippen LogP contribution in [-0.2, 0) is 0 Å². The van der Waals surface area contributed by atoms with Crippen molar-refractivity contribution in [3.63, 3.8) is 0 Å². The Kier molecular flexibility index (Phi) is 5.25. The molecule has 0 unspecified atom stereocenters. The molecule has 0 fully saturated rings. The summed E-state index contributed by atoms with van der Waals surface area (Å²) in [4.78, 5) is 0. The number of furan rings is 1. The molecule has 6 aromatic carbocycles. The number of hydrogen-bond acceptors (Lipinski definition) is 2. The minimum Gasteiger partial charge on any atom is -0.456 e. The highest BCUT2D eigenvalue weighted by Crippen LogP contribution is 2.45. The molecule has 0 amide bonds. The van der Waals surface area contributed by atoms with Crippen LogP contribution < -0.4 is 0 Å². The number of halogens is 2. The SMILES string of the molecule is N#Cc1c(-c2ccccc2)c(F)c(-c2ccccc2)c(F)c1-n1c2ccccc2c2ccc3oc4ccccc4c3c21. The molecule has 2 heterocycles. The number of nitrogens with zero attached hydrogens (tertiary/aromatic N) is 2. The smallest absolute Gasteiger partial charge is 0.159 e. The molecule has 0 aliphatic rings. The third-order valence-corrected chi connectivity index (χ3v) is 7.99. The van der Waals surface area contributed by atoms with Crippen molar-refractivity contribution in [3.05, 3.63) is 139 Å². The Hall–Kier alpha value is -5.73. The van der Waals surface area contributed by atoms with Gasteiger partial charge in [0.05, 0.1) is 27.5 Å². The van der Waals surface area contributed by atoms with Crippen LogP contribution in [0.2, 0.25) is 0 Å². The topological polar surface area (TPSA) is 41.9 Å². The highest BCUT2D eigenvalue weighted by molar-refractivity contribution is 6.24. The second-order valence-corrected chi connectivity index (χ2v) is 10.2. The lowest BCUT2D eigenvalue weighted by Crippen LogP contribution is -2.08. The minimum absolute atomic E-state index is 0.000544. The molecular weight excluding hydrogens is 526 g/mol. The van der Waals surface area contributed by atoms with E-state index in [1.165, 1.54) is 0 Å². The van der Waals surface area contributed by atoms with Crippen molar-refractivity contribution in [1.29, 1.82) is 5.26 Å². The van der Waals surface area contributed by atoms with Crippen LogP contribution in [0.5, 0.6) is 0 Å². The van der Waals surface area contributed by atoms with Crippen LogP contribution in [-0.4, -0.2) is 4.57 Å². The lowest BCUT2D eigenvalue weighted by molar-refractivity contribution is 0.587. The number of rotatable bonds is 3. The van der Waals surface area contributed by atoms with E-state index in [0.717, 1.165) is 21.5 Å². The molecule has 8 rings (SSSR count). The van der Waals surface area contributed by atoms with Gasteiger partial charge in [-0.25, -0.2) is 8.78 Å². The lowest BCUT2D eigenvalue weighted by Gasteiger charge is -2.19. The fourth-order valence-corrected chi connectivity index (χ4v) is 6.23. The monoisotopic (exact) mass is 546 g/mol. The van der Waals surface area contributed by atoms with E-state index in [1.54, 1.807) is 59.2 Å². The summed E-state index contributed by atoms with van der Waals surface area (Å²) >= 11 is 0. The molecule has 8 aromatic rings. The van der Waals surface area contributed by atoms with Crippen LogP contribution in [0.25, 0.3) is 71.7 Å². The summed E-state index contributed by atoms with van der Waals surface area (Å²) < 4.78 is 41.8. The van der Waals surface area contributed by atoms with E-state index in [2.05, 4.69) is 6.07 Å². The Balaban J connectivity index is 1.65. The van der Waals surface area contributed by atoms with E-state index >= 15 is 8.78 Å². The van der Waals surface area contributed by atoms with Gasteiger partial charge in [0.25, 0.3) is 0 Å². The maximum atomic E-state index is 17.2. The molecule has 0 aliphatic heterocycles. The maximum absolute atomic E-state index is 17.2. The molecule has 198 valence electrons. The number of hydrogen-bond donors (Lipinski definition) is 0. The van der Waals surface area contributed by atoms with Crippen molar-refractivity contribution in [2.24, 2.45) is 0 Å². The van der Waals surface area contributed by atoms with Gasteiger partial charge in [0.15, 0.2) is 5.82 Å². The summed E-state index contributed by atoms with van der Waals surface area (Å²) in [7, 11) is 0. The first kappa shape index (κ1) is 24.1. The number of fused-ring (bicyclic) bond motifs is 7. The van der Waals surface area contributed by atoms with Crippen LogP contribution in [0.4, 0.5) is 8.78 Å². The largest absolute Gasteiger partial charge is 0.456 e. The molecule has 0 radical (unpaired) electrons. The van der Waals surface area contributed by atoms with Gasteiger partial charge in [0.2, 0.25) is 0 Å². The normalized spacial score (nSPS) is 11.5. The second kappa shape index (κ2) is 9.15. The van der Waals surface area contributed by atoms with Crippen LogP contribution in [0.3, 0.4) is 0 Å². The van der Waals surface area contributed by atoms with Gasteiger partial charge in [-0.3, -0.25) is 0 Å². The van der Waals surface area contributed by atoms with E-state index in [9.17, 15) is 5.26 Å². The van der Waals surface area contributed by atoms with Gasteiger partial charge in [-0.05, 0) is 35.4 Å². The molecule has 0 N–H and O–H groups in total. The Morgan fingerprint density at radius 3 is 1.90 bits per heavy atom. The molecule has 3 nitrogen and oxygen atoms in total. The van der Waals surface area contributed by atoms with E-state index in [-0.39, 0.29) is 22.4 Å². The van der Waals surface area contributed by atoms with Crippen molar-refractivity contribution in [3.8, 4) is 34.0 Å². The fraction of sp³-hybridized carbons (Fsp3) is 0. The Morgan fingerprint density at radius 1 is 0.571 bits per heavy atom. The number of nitriles is 1. The Labute approximate surface area is 239 Å². The van der Waals surface area contributed by atoms with Crippen LogP contribution >= 0.6 is 0 Å². The highest BCUT2D eigenvalue weighted by atomic mass is 19.1. The van der Waals surface area contributed by atoms with Gasteiger partial charge < -0.3 is 8.98 Å². The van der Waals surface area contributed by atoms with Crippen LogP contribution in [0, 0.1) is 23.0 Å². The Bertz CT molecular complexity index is 2380. The standard InChI is InChI=1S/C37H20F2N2O/c38-34-31(22-11-3-1-4-12-22)27(21-40)37(35(39)32(34)23-13-5-2-6-14-23)41-28-17-9-7-15-24(28)25-19-20-30-33(36(25)41)26-16-8-10-18-29(26)42-30/h1-20H. The molecule has 42 heavy (non-hydrogen) atoms. The zero-order chi connectivity index (χ0) is 28.4. The van der Waals surface area contributed by atoms with E-state index in [1.807, 2.05) is 66.7 Å². The van der Waals surface area contributed by atoms with Crippen molar-refractivity contribution < 1.29 is 13.2 Å². The molecule has 5 heteroatoms. The first-order chi connectivity index (χ1) is 20.7. The van der Waals surface area contributed by atoms with Gasteiger partial charge >= 0.3 is 0 Å². The van der Waals surface area contributed by atoms with Crippen LogP contribution in [0.15, 0.2) is 126 Å². The van der Waals surface area contributed by atoms with Gasteiger partial charge in [0.1, 0.15) is 28.7 Å². The predicted octanol–water partition coefficient (Wildman–Crippen LogP) is 10.2. The maximum Gasteiger partial charge on any atom is 0.159 e. The average Bonchev–Trinajstić information content (AvgIpc) is 3.57. The van der Waals surface area contributed by atoms with Crippen molar-refractivity contribution in [2.75, 3.05) is 0 Å². The van der Waals surface area contributed by atoms with Gasteiger partial charge in [-0.2, -0.15) is 5.26 Å². The molecule has 0 atom stereocenters. The lowest BCUT2D eigenvalue weighted by atomic mass is 9.91. The van der Waals surface area contributed by atoms with Crippen molar-refractivity contribution in [2.45, 2.75) is 0 Å². The first-order valence-corrected chi connectivity index (χ1v) is 13.6. The summed E-state index contributed by atoms with van der Waals surface area (Å²) in [6, 6.07) is 39.0. The molecule has 0 aliphatic carbocycles. The molecule has 0 saturated heterocycles. The molecule has 0 saturated carbocycles. The van der Waals surface area contributed by atoms with Gasteiger partial charge in [-0.15, -0.1) is 0 Å². The molecule has 2 aromatic heterocycles. The van der Waals surface area contributed by atoms with Crippen LogP contribution in [0.1, 0.15) is 5.56 Å². The summed E-state index contributed by atoms with van der Waals surface area (Å²) in [5, 5.41) is 14.1. The van der Waals surface area contributed by atoms with Crippen molar-refractivity contribution in [1.82, 2.24) is 4.57 Å². The summed E-state index contributed by atoms with van der Waals surface area (Å²) in [5.74, 6) is -1.58. The first-order valence-electron chi connectivity index (χ1n) is 13.6. The summed E-state index contributed by atoms with van der Waals surface area (Å²) in [5.41, 5.74) is 3.40. The fourth-order valence-electron chi connectivity index (χ4n) is 6.23. The van der Waals surface area contributed by atoms with Crippen molar-refractivity contribution >= 4 is 43.7 Å². The number of aromatic nitrogens is 1. The third-order valence-electron chi connectivity index (χ3n) is 7.99. The Morgan fingerprint density at radius 2 is 1.19 bits per heavy atom. The minimum atomic E-state index is -0.803. The third kappa shape index (κ3) is 3.30. The number of para-hydroxylation sites is 2. The zero-order valence-corrected chi connectivity index (χ0v) is 22.1. The molecule has 0 spiro atoms. The summed E-state index contributed by atoms with van der Waals surface area (Å²) in [6.45, 7) is 0. The predicted molar refractivity (Wildman–Crippen MR) is 164 cm³/mol. The van der Waals surface area contributed by atoms with E-state index in [0.29, 0.717) is 33.3 Å². The molecule has 0 bridgehead atoms. The molecular formula is C37H20F2N2O. The van der Waals surface area contributed by atoms with E-state index in [4.69, 9.17) is 4.42 Å². The quantitative estimate of drug-likeness (QED) is 0.221.